The lowest BCUT2D eigenvalue weighted by molar-refractivity contribution is 0.597. The lowest BCUT2D eigenvalue weighted by Gasteiger charge is -2.14. The van der Waals surface area contributed by atoms with Gasteiger partial charge in [-0.1, -0.05) is 57.4 Å². The van der Waals surface area contributed by atoms with Crippen LogP contribution in [0.1, 0.15) is 81.8 Å². The van der Waals surface area contributed by atoms with Gasteiger partial charge in [-0.25, -0.2) is 0 Å². The van der Waals surface area contributed by atoms with Crippen molar-refractivity contribution in [3.05, 3.63) is 35.4 Å². The molecule has 0 radical (unpaired) electrons. The number of rotatable bonds is 6. The summed E-state index contributed by atoms with van der Waals surface area (Å²) in [7, 11) is 0. The van der Waals surface area contributed by atoms with E-state index in [1.54, 1.807) is 0 Å². The number of halogens is 1. The second-order valence-electron chi connectivity index (χ2n) is 6.17. The highest BCUT2D eigenvalue weighted by atomic mass is 35.5. The van der Waals surface area contributed by atoms with Gasteiger partial charge in [-0.2, -0.15) is 0 Å². The third kappa shape index (κ3) is 4.24. The van der Waals surface area contributed by atoms with Crippen LogP contribution in [0.5, 0.6) is 0 Å². The number of hydrogen-bond donors (Lipinski definition) is 0. The molecule has 0 saturated heterocycles. The maximum absolute atomic E-state index is 6.21. The first-order chi connectivity index (χ1) is 9.20. The van der Waals surface area contributed by atoms with Gasteiger partial charge >= 0.3 is 0 Å². The molecule has 0 heterocycles. The molecule has 0 nitrogen and oxygen atoms in total. The maximum Gasteiger partial charge on any atom is 0.0342 e. The predicted octanol–water partition coefficient (Wildman–Crippen LogP) is 6.25. The Balaban J connectivity index is 1.90. The molecular weight excluding hydrogens is 252 g/mol. The van der Waals surface area contributed by atoms with Crippen molar-refractivity contribution in [3.8, 4) is 0 Å². The van der Waals surface area contributed by atoms with Crippen LogP contribution in [0.25, 0.3) is 0 Å². The van der Waals surface area contributed by atoms with Crippen LogP contribution in [0, 0.1) is 0 Å². The van der Waals surface area contributed by atoms with Crippen LogP contribution in [0.4, 0.5) is 0 Å². The van der Waals surface area contributed by atoms with Crippen LogP contribution in [0.2, 0.25) is 0 Å². The molecule has 0 bridgehead atoms. The fourth-order valence-electron chi connectivity index (χ4n) is 3.19. The first-order valence-corrected chi connectivity index (χ1v) is 8.38. The van der Waals surface area contributed by atoms with Crippen LogP contribution in [0.15, 0.2) is 24.3 Å². The molecule has 0 amide bonds. The molecule has 3 unspecified atom stereocenters. The zero-order valence-corrected chi connectivity index (χ0v) is 13.1. The Morgan fingerprint density at radius 2 is 1.89 bits per heavy atom. The summed E-state index contributed by atoms with van der Waals surface area (Å²) in [6.45, 7) is 4.63. The smallest absolute Gasteiger partial charge is 0.0342 e. The Bertz CT molecular complexity index is 368. The van der Waals surface area contributed by atoms with E-state index in [-0.39, 0.29) is 0 Å². The van der Waals surface area contributed by atoms with E-state index in [9.17, 15) is 0 Å². The summed E-state index contributed by atoms with van der Waals surface area (Å²) in [4.78, 5) is 0. The minimum Gasteiger partial charge on any atom is -0.123 e. The molecule has 0 aliphatic heterocycles. The molecule has 106 valence electrons. The summed E-state index contributed by atoms with van der Waals surface area (Å²) in [5, 5.41) is 0.401. The van der Waals surface area contributed by atoms with Gasteiger partial charge in [-0.15, -0.1) is 11.6 Å². The Kier molecular flexibility index (Phi) is 5.76. The fourth-order valence-corrected chi connectivity index (χ4v) is 3.53. The largest absolute Gasteiger partial charge is 0.123 e. The highest BCUT2D eigenvalue weighted by Crippen LogP contribution is 2.37. The molecule has 1 aliphatic rings. The SMILES string of the molecule is CCCCCC(C)c1ccc(C2CCC(Cl)C2)cc1. The Labute approximate surface area is 123 Å². The fraction of sp³-hybridized carbons (Fsp3) is 0.667. The van der Waals surface area contributed by atoms with Gasteiger partial charge < -0.3 is 0 Å². The van der Waals surface area contributed by atoms with Crippen molar-refractivity contribution < 1.29 is 0 Å². The average molecular weight is 279 g/mol. The molecule has 0 aromatic heterocycles. The van der Waals surface area contributed by atoms with Crippen LogP contribution in [-0.4, -0.2) is 5.38 Å². The van der Waals surface area contributed by atoms with E-state index in [0.29, 0.717) is 17.2 Å². The second-order valence-corrected chi connectivity index (χ2v) is 6.79. The standard InChI is InChI=1S/C18H27Cl/c1-3-4-5-6-14(2)15-7-9-16(10-8-15)17-11-12-18(19)13-17/h7-10,14,17-18H,3-6,11-13H2,1-2H3. The third-order valence-corrected chi connectivity index (χ3v) is 4.98. The summed E-state index contributed by atoms with van der Waals surface area (Å²) in [5.41, 5.74) is 2.99. The molecule has 1 heteroatoms. The molecular formula is C18H27Cl. The predicted molar refractivity (Wildman–Crippen MR) is 85.2 cm³/mol. The molecule has 1 saturated carbocycles. The van der Waals surface area contributed by atoms with Gasteiger partial charge in [0.1, 0.15) is 0 Å². The lowest BCUT2D eigenvalue weighted by atomic mass is 9.91. The van der Waals surface area contributed by atoms with Gasteiger partial charge in [-0.05, 0) is 48.6 Å². The van der Waals surface area contributed by atoms with Crippen LogP contribution in [-0.2, 0) is 0 Å². The topological polar surface area (TPSA) is 0 Å². The maximum atomic E-state index is 6.21. The van der Waals surface area contributed by atoms with Gasteiger partial charge in [0.2, 0.25) is 0 Å². The van der Waals surface area contributed by atoms with E-state index < -0.39 is 0 Å². The van der Waals surface area contributed by atoms with Crippen molar-refractivity contribution in [1.82, 2.24) is 0 Å². The van der Waals surface area contributed by atoms with Gasteiger partial charge in [0.25, 0.3) is 0 Å². The van der Waals surface area contributed by atoms with E-state index >= 15 is 0 Å². The zero-order chi connectivity index (χ0) is 13.7. The summed E-state index contributed by atoms with van der Waals surface area (Å²) in [6.07, 6.45) is 8.96. The number of alkyl halides is 1. The molecule has 1 aromatic carbocycles. The minimum absolute atomic E-state index is 0.401. The normalized spacial score (nSPS) is 24.6. The van der Waals surface area contributed by atoms with Crippen LogP contribution >= 0.6 is 11.6 Å². The first-order valence-electron chi connectivity index (χ1n) is 7.94. The van der Waals surface area contributed by atoms with Crippen molar-refractivity contribution in [1.29, 1.82) is 0 Å². The Morgan fingerprint density at radius 3 is 2.47 bits per heavy atom. The number of hydrogen-bond acceptors (Lipinski definition) is 0. The number of benzene rings is 1. The summed E-state index contributed by atoms with van der Waals surface area (Å²) < 4.78 is 0. The second kappa shape index (κ2) is 7.33. The first kappa shape index (κ1) is 14.9. The molecule has 1 aromatic rings. The molecule has 2 rings (SSSR count). The quantitative estimate of drug-likeness (QED) is 0.426. The van der Waals surface area contributed by atoms with Gasteiger partial charge in [0, 0.05) is 5.38 Å². The van der Waals surface area contributed by atoms with E-state index in [4.69, 9.17) is 11.6 Å². The highest BCUT2D eigenvalue weighted by molar-refractivity contribution is 6.20. The molecule has 0 spiro atoms. The summed E-state index contributed by atoms with van der Waals surface area (Å²) in [6, 6.07) is 9.36. The highest BCUT2D eigenvalue weighted by Gasteiger charge is 2.24. The Hall–Kier alpha value is -0.490. The summed E-state index contributed by atoms with van der Waals surface area (Å²) >= 11 is 6.21. The molecule has 3 atom stereocenters. The monoisotopic (exact) mass is 278 g/mol. The van der Waals surface area contributed by atoms with Gasteiger partial charge in [0.15, 0.2) is 0 Å². The summed E-state index contributed by atoms with van der Waals surface area (Å²) in [5.74, 6) is 1.40. The van der Waals surface area contributed by atoms with Gasteiger partial charge in [-0.3, -0.25) is 0 Å². The van der Waals surface area contributed by atoms with E-state index in [1.165, 1.54) is 49.7 Å². The van der Waals surface area contributed by atoms with Crippen molar-refractivity contribution in [2.24, 2.45) is 0 Å². The molecule has 1 aliphatic carbocycles. The van der Waals surface area contributed by atoms with Crippen LogP contribution < -0.4 is 0 Å². The van der Waals surface area contributed by atoms with Gasteiger partial charge in [0.05, 0.1) is 0 Å². The van der Waals surface area contributed by atoms with Crippen molar-refractivity contribution >= 4 is 11.6 Å². The average Bonchev–Trinajstić information content (AvgIpc) is 2.86. The van der Waals surface area contributed by atoms with Crippen molar-refractivity contribution in [3.63, 3.8) is 0 Å². The third-order valence-electron chi connectivity index (χ3n) is 4.59. The van der Waals surface area contributed by atoms with E-state index in [0.717, 1.165) is 6.42 Å². The number of unbranched alkanes of at least 4 members (excludes halogenated alkanes) is 2. The molecule has 19 heavy (non-hydrogen) atoms. The zero-order valence-electron chi connectivity index (χ0n) is 12.4. The Morgan fingerprint density at radius 1 is 1.16 bits per heavy atom. The van der Waals surface area contributed by atoms with E-state index in [2.05, 4.69) is 38.1 Å². The van der Waals surface area contributed by atoms with Crippen molar-refractivity contribution in [2.45, 2.75) is 76.0 Å². The molecule has 1 fully saturated rings. The lowest BCUT2D eigenvalue weighted by Crippen LogP contribution is -1.97. The van der Waals surface area contributed by atoms with Crippen molar-refractivity contribution in [2.75, 3.05) is 0 Å². The van der Waals surface area contributed by atoms with Crippen LogP contribution in [0.3, 0.4) is 0 Å². The van der Waals surface area contributed by atoms with E-state index in [1.807, 2.05) is 0 Å². The minimum atomic E-state index is 0.401. The molecule has 0 N–H and O–H groups in total.